The van der Waals surface area contributed by atoms with Crippen LogP contribution in [-0.4, -0.2) is 39.4 Å². The van der Waals surface area contributed by atoms with Gasteiger partial charge in [-0.3, -0.25) is 19.7 Å². The van der Waals surface area contributed by atoms with E-state index in [0.29, 0.717) is 18.4 Å². The third-order valence-corrected chi connectivity index (χ3v) is 5.79. The van der Waals surface area contributed by atoms with Gasteiger partial charge in [-0.2, -0.15) is 0 Å². The summed E-state index contributed by atoms with van der Waals surface area (Å²) in [6.07, 6.45) is 10.4. The first-order valence-electron chi connectivity index (χ1n) is 10.3. The maximum Gasteiger partial charge on any atom is 0.321 e. The smallest absolute Gasteiger partial charge is 0.321 e. The van der Waals surface area contributed by atoms with Crippen LogP contribution in [0.25, 0.3) is 0 Å². The van der Waals surface area contributed by atoms with Crippen LogP contribution in [0.3, 0.4) is 0 Å². The topological polar surface area (TPSA) is 127 Å². The Morgan fingerprint density at radius 1 is 1.07 bits per heavy atom. The standard InChI is InChI=1S/C21H31NO7S/c1-2-3-4-5-6-7-8-9-10-13-29-18-12-11-16(22(27)28)14-17(18)20(21(25)26)30-15-19(23)24/h11-12,14,20H,2-10,13,15H2,1H3,(H,23,24)(H,25,26). The molecule has 0 radical (unpaired) electrons. The number of benzene rings is 1. The van der Waals surface area contributed by atoms with E-state index in [1.807, 2.05) is 0 Å². The number of nitro benzene ring substituents is 1. The molecule has 0 fully saturated rings. The van der Waals surface area contributed by atoms with Gasteiger partial charge in [-0.05, 0) is 12.5 Å². The number of carbonyl (C=O) groups is 2. The molecular weight excluding hydrogens is 410 g/mol. The van der Waals surface area contributed by atoms with Crippen molar-refractivity contribution < 1.29 is 29.5 Å². The molecule has 2 N–H and O–H groups in total. The Morgan fingerprint density at radius 2 is 1.67 bits per heavy atom. The summed E-state index contributed by atoms with van der Waals surface area (Å²) in [6, 6.07) is 3.80. The van der Waals surface area contributed by atoms with Crippen molar-refractivity contribution in [2.75, 3.05) is 12.4 Å². The summed E-state index contributed by atoms with van der Waals surface area (Å²) in [4.78, 5) is 33.0. The molecule has 168 valence electrons. The van der Waals surface area contributed by atoms with Crippen LogP contribution in [0.2, 0.25) is 0 Å². The molecule has 0 spiro atoms. The van der Waals surface area contributed by atoms with Gasteiger partial charge in [0, 0.05) is 17.7 Å². The highest BCUT2D eigenvalue weighted by Gasteiger charge is 2.27. The fourth-order valence-corrected chi connectivity index (χ4v) is 3.84. The van der Waals surface area contributed by atoms with Crippen molar-refractivity contribution in [3.8, 4) is 5.75 Å². The molecule has 30 heavy (non-hydrogen) atoms. The van der Waals surface area contributed by atoms with E-state index in [-0.39, 0.29) is 17.0 Å². The van der Waals surface area contributed by atoms with E-state index >= 15 is 0 Å². The maximum atomic E-state index is 11.6. The Balaban J connectivity index is 2.64. The summed E-state index contributed by atoms with van der Waals surface area (Å²) in [5.74, 6) is -2.62. The molecule has 0 bridgehead atoms. The van der Waals surface area contributed by atoms with E-state index in [4.69, 9.17) is 9.84 Å². The minimum absolute atomic E-state index is 0.110. The number of carboxylic acid groups (broad SMARTS) is 2. The van der Waals surface area contributed by atoms with Crippen molar-refractivity contribution >= 4 is 29.4 Å². The minimum atomic E-state index is -1.27. The third kappa shape index (κ3) is 9.96. The molecule has 0 aromatic heterocycles. The van der Waals surface area contributed by atoms with Crippen LogP contribution < -0.4 is 4.74 Å². The van der Waals surface area contributed by atoms with Gasteiger partial charge in [0.1, 0.15) is 11.0 Å². The second kappa shape index (κ2) is 14.7. The van der Waals surface area contributed by atoms with Crippen molar-refractivity contribution in [1.82, 2.24) is 0 Å². The van der Waals surface area contributed by atoms with Gasteiger partial charge < -0.3 is 14.9 Å². The molecule has 0 heterocycles. The molecule has 8 nitrogen and oxygen atoms in total. The fraction of sp³-hybridized carbons (Fsp3) is 0.619. The Hall–Kier alpha value is -2.29. The zero-order valence-electron chi connectivity index (χ0n) is 17.4. The van der Waals surface area contributed by atoms with Gasteiger partial charge in [0.15, 0.2) is 0 Å². The van der Waals surface area contributed by atoms with Crippen LogP contribution >= 0.6 is 11.8 Å². The lowest BCUT2D eigenvalue weighted by molar-refractivity contribution is -0.384. The SMILES string of the molecule is CCCCCCCCCCCOc1ccc([N+](=O)[O-])cc1C(SCC(=O)O)C(=O)O. The first kappa shape index (κ1) is 25.7. The van der Waals surface area contributed by atoms with Crippen molar-refractivity contribution in [3.05, 3.63) is 33.9 Å². The Morgan fingerprint density at radius 3 is 2.20 bits per heavy atom. The number of thioether (sulfide) groups is 1. The monoisotopic (exact) mass is 441 g/mol. The van der Waals surface area contributed by atoms with E-state index in [0.717, 1.165) is 25.3 Å². The number of hydrogen-bond donors (Lipinski definition) is 2. The highest BCUT2D eigenvalue weighted by atomic mass is 32.2. The summed E-state index contributed by atoms with van der Waals surface area (Å²) in [6.45, 7) is 2.57. The zero-order valence-corrected chi connectivity index (χ0v) is 18.2. The molecule has 1 aromatic rings. The van der Waals surface area contributed by atoms with Gasteiger partial charge in [0.05, 0.1) is 17.3 Å². The number of carboxylic acids is 2. The summed E-state index contributed by atoms with van der Waals surface area (Å²) >= 11 is 0.682. The molecule has 0 aliphatic heterocycles. The lowest BCUT2D eigenvalue weighted by Crippen LogP contribution is -2.13. The molecular formula is C21H31NO7S. The van der Waals surface area contributed by atoms with Gasteiger partial charge in [-0.15, -0.1) is 11.8 Å². The highest BCUT2D eigenvalue weighted by molar-refractivity contribution is 8.00. The number of nitro groups is 1. The maximum absolute atomic E-state index is 11.6. The minimum Gasteiger partial charge on any atom is -0.493 e. The van der Waals surface area contributed by atoms with Gasteiger partial charge in [0.25, 0.3) is 5.69 Å². The summed E-state index contributed by atoms with van der Waals surface area (Å²) in [7, 11) is 0. The molecule has 1 aromatic carbocycles. The van der Waals surface area contributed by atoms with Crippen molar-refractivity contribution in [2.24, 2.45) is 0 Å². The van der Waals surface area contributed by atoms with Crippen LogP contribution in [-0.2, 0) is 9.59 Å². The fourth-order valence-electron chi connectivity index (χ4n) is 3.03. The predicted octanol–water partition coefficient (Wildman–Crippen LogP) is 5.45. The van der Waals surface area contributed by atoms with E-state index in [2.05, 4.69) is 6.92 Å². The molecule has 9 heteroatoms. The second-order valence-electron chi connectivity index (χ2n) is 7.08. The van der Waals surface area contributed by atoms with Crippen LogP contribution in [0.1, 0.15) is 75.5 Å². The summed E-state index contributed by atoms with van der Waals surface area (Å²) < 4.78 is 5.72. The Kier molecular flexibility index (Phi) is 12.6. The number of aliphatic carboxylic acids is 2. The first-order valence-corrected chi connectivity index (χ1v) is 11.4. The van der Waals surface area contributed by atoms with Crippen LogP contribution in [0.15, 0.2) is 18.2 Å². The van der Waals surface area contributed by atoms with Crippen LogP contribution in [0, 0.1) is 10.1 Å². The molecule has 0 aliphatic carbocycles. The van der Waals surface area contributed by atoms with Gasteiger partial charge in [0.2, 0.25) is 0 Å². The predicted molar refractivity (Wildman–Crippen MR) is 116 cm³/mol. The number of hydrogen-bond acceptors (Lipinski definition) is 6. The van der Waals surface area contributed by atoms with E-state index in [1.54, 1.807) is 0 Å². The number of unbranched alkanes of at least 4 members (excludes halogenated alkanes) is 8. The molecule has 1 rings (SSSR count). The summed E-state index contributed by atoms with van der Waals surface area (Å²) in [5.41, 5.74) is -0.151. The van der Waals surface area contributed by atoms with E-state index in [1.165, 1.54) is 50.7 Å². The van der Waals surface area contributed by atoms with E-state index in [9.17, 15) is 24.8 Å². The second-order valence-corrected chi connectivity index (χ2v) is 8.17. The average Bonchev–Trinajstić information content (AvgIpc) is 2.69. The Bertz CT molecular complexity index is 696. The number of nitrogens with zero attached hydrogens (tertiary/aromatic N) is 1. The highest BCUT2D eigenvalue weighted by Crippen LogP contribution is 2.37. The van der Waals surface area contributed by atoms with E-state index < -0.39 is 27.9 Å². The first-order chi connectivity index (χ1) is 14.4. The molecule has 1 atom stereocenters. The Labute approximate surface area is 181 Å². The van der Waals surface area contributed by atoms with Crippen LogP contribution in [0.5, 0.6) is 5.75 Å². The van der Waals surface area contributed by atoms with Crippen LogP contribution in [0.4, 0.5) is 5.69 Å². The number of ether oxygens (including phenoxy) is 1. The van der Waals surface area contributed by atoms with Gasteiger partial charge in [-0.1, -0.05) is 58.3 Å². The number of rotatable bonds is 17. The molecule has 0 amide bonds. The third-order valence-electron chi connectivity index (χ3n) is 4.59. The summed E-state index contributed by atoms with van der Waals surface area (Å²) in [5, 5.41) is 28.2. The zero-order chi connectivity index (χ0) is 22.4. The van der Waals surface area contributed by atoms with Crippen molar-refractivity contribution in [1.29, 1.82) is 0 Å². The van der Waals surface area contributed by atoms with Crippen molar-refractivity contribution in [3.63, 3.8) is 0 Å². The molecule has 1 unspecified atom stereocenters. The number of non-ortho nitro benzene ring substituents is 1. The van der Waals surface area contributed by atoms with Crippen molar-refractivity contribution in [2.45, 2.75) is 70.0 Å². The average molecular weight is 442 g/mol. The lowest BCUT2D eigenvalue weighted by atomic mass is 10.1. The largest absolute Gasteiger partial charge is 0.493 e. The lowest BCUT2D eigenvalue weighted by Gasteiger charge is -2.16. The van der Waals surface area contributed by atoms with Gasteiger partial charge >= 0.3 is 11.9 Å². The molecule has 0 saturated carbocycles. The quantitative estimate of drug-likeness (QED) is 0.186. The van der Waals surface area contributed by atoms with Gasteiger partial charge in [-0.25, -0.2) is 0 Å². The molecule has 0 aliphatic rings. The molecule has 0 saturated heterocycles. The normalized spacial score (nSPS) is 11.8.